The van der Waals surface area contributed by atoms with Gasteiger partial charge in [0.15, 0.2) is 0 Å². The summed E-state index contributed by atoms with van der Waals surface area (Å²) in [6.45, 7) is 2.13. The first-order valence-corrected chi connectivity index (χ1v) is 7.76. The van der Waals surface area contributed by atoms with E-state index in [1.807, 2.05) is 6.07 Å². The highest BCUT2D eigenvalue weighted by Gasteiger charge is 2.11. The highest BCUT2D eigenvalue weighted by atomic mass is 16.5. The Bertz CT molecular complexity index is 1010. The predicted octanol–water partition coefficient (Wildman–Crippen LogP) is 5.78. The van der Waals surface area contributed by atoms with Crippen LogP contribution in [0, 0.1) is 13.0 Å². The van der Waals surface area contributed by atoms with Crippen LogP contribution >= 0.6 is 0 Å². The molecule has 0 aliphatic heterocycles. The van der Waals surface area contributed by atoms with E-state index in [0.29, 0.717) is 0 Å². The van der Waals surface area contributed by atoms with Gasteiger partial charge in [0.2, 0.25) is 0 Å². The predicted molar refractivity (Wildman–Crippen MR) is 97.0 cm³/mol. The molecule has 4 aromatic carbocycles. The smallest absolute Gasteiger partial charge is 0.127 e. The van der Waals surface area contributed by atoms with E-state index in [-0.39, 0.29) is 0 Å². The minimum absolute atomic E-state index is 0.882. The lowest BCUT2D eigenvalue weighted by molar-refractivity contribution is 0.417. The van der Waals surface area contributed by atoms with Crippen LogP contribution in [-0.4, -0.2) is 7.11 Å². The number of fused-ring (bicyclic) bond motifs is 2. The van der Waals surface area contributed by atoms with Crippen molar-refractivity contribution in [3.63, 3.8) is 0 Å². The maximum Gasteiger partial charge on any atom is 0.127 e. The second kappa shape index (κ2) is 5.44. The quantitative estimate of drug-likeness (QED) is 0.456. The van der Waals surface area contributed by atoms with Crippen LogP contribution in [0.4, 0.5) is 0 Å². The van der Waals surface area contributed by atoms with Gasteiger partial charge in [-0.25, -0.2) is 0 Å². The molecule has 23 heavy (non-hydrogen) atoms. The van der Waals surface area contributed by atoms with Gasteiger partial charge in [-0.1, -0.05) is 60.7 Å². The third-order valence-electron chi connectivity index (χ3n) is 4.37. The molecule has 1 radical (unpaired) electrons. The molecule has 0 saturated carbocycles. The molecule has 0 aliphatic carbocycles. The van der Waals surface area contributed by atoms with Crippen LogP contribution < -0.4 is 4.74 Å². The molecule has 0 amide bonds. The van der Waals surface area contributed by atoms with Gasteiger partial charge in [-0.3, -0.25) is 0 Å². The number of rotatable bonds is 2. The molecule has 0 aliphatic rings. The highest BCUT2D eigenvalue weighted by Crippen LogP contribution is 2.38. The molecule has 0 bridgehead atoms. The zero-order valence-electron chi connectivity index (χ0n) is 13.3. The molecule has 4 aromatic rings. The van der Waals surface area contributed by atoms with Crippen molar-refractivity contribution in [1.29, 1.82) is 0 Å². The zero-order chi connectivity index (χ0) is 15.8. The monoisotopic (exact) mass is 297 g/mol. The van der Waals surface area contributed by atoms with Gasteiger partial charge in [-0.05, 0) is 51.7 Å². The van der Waals surface area contributed by atoms with E-state index in [0.717, 1.165) is 16.9 Å². The van der Waals surface area contributed by atoms with Gasteiger partial charge in [0, 0.05) is 5.56 Å². The summed E-state index contributed by atoms with van der Waals surface area (Å²) in [6, 6.07) is 26.8. The number of benzene rings is 4. The number of aryl methyl sites for hydroxylation is 1. The fraction of sp³-hybridized carbons (Fsp3) is 0.0909. The molecule has 0 fully saturated rings. The molecule has 0 spiro atoms. The lowest BCUT2D eigenvalue weighted by Crippen LogP contribution is -1.90. The lowest BCUT2D eigenvalue weighted by Gasteiger charge is -2.13. The minimum Gasteiger partial charge on any atom is -0.496 e. The Hall–Kier alpha value is -2.80. The number of hydrogen-bond acceptors (Lipinski definition) is 1. The average molecular weight is 297 g/mol. The summed E-state index contributed by atoms with van der Waals surface area (Å²) >= 11 is 0. The molecule has 0 unspecified atom stereocenters. The van der Waals surface area contributed by atoms with E-state index >= 15 is 0 Å². The molecule has 1 heteroatoms. The maximum absolute atomic E-state index is 5.63. The Morgan fingerprint density at radius 3 is 2.43 bits per heavy atom. The van der Waals surface area contributed by atoms with Gasteiger partial charge in [-0.2, -0.15) is 0 Å². The minimum atomic E-state index is 0.882. The van der Waals surface area contributed by atoms with Crippen LogP contribution in [0.5, 0.6) is 5.75 Å². The van der Waals surface area contributed by atoms with Crippen molar-refractivity contribution in [2.75, 3.05) is 7.11 Å². The summed E-state index contributed by atoms with van der Waals surface area (Å²) in [6.07, 6.45) is 0. The number of hydrogen-bond donors (Lipinski definition) is 0. The Morgan fingerprint density at radius 1 is 0.783 bits per heavy atom. The summed E-state index contributed by atoms with van der Waals surface area (Å²) in [5.74, 6) is 0.882. The summed E-state index contributed by atoms with van der Waals surface area (Å²) in [5, 5.41) is 4.78. The van der Waals surface area contributed by atoms with Crippen molar-refractivity contribution in [3.05, 3.63) is 78.4 Å². The van der Waals surface area contributed by atoms with Crippen molar-refractivity contribution in [2.45, 2.75) is 6.92 Å². The topological polar surface area (TPSA) is 9.23 Å². The second-order valence-electron chi connectivity index (χ2n) is 5.78. The molecule has 0 N–H and O–H groups in total. The summed E-state index contributed by atoms with van der Waals surface area (Å²) in [5.41, 5.74) is 3.42. The van der Waals surface area contributed by atoms with Gasteiger partial charge in [-0.15, -0.1) is 0 Å². The summed E-state index contributed by atoms with van der Waals surface area (Å²) in [4.78, 5) is 0. The van der Waals surface area contributed by atoms with E-state index in [4.69, 9.17) is 4.74 Å². The van der Waals surface area contributed by atoms with Crippen LogP contribution in [0.1, 0.15) is 5.56 Å². The normalized spacial score (nSPS) is 11.0. The maximum atomic E-state index is 5.63. The van der Waals surface area contributed by atoms with E-state index in [1.165, 1.54) is 27.1 Å². The van der Waals surface area contributed by atoms with Gasteiger partial charge in [0.1, 0.15) is 5.75 Å². The standard InChI is InChI=1S/C22H17O/c1-15-6-5-8-17-10-11-18(14-20(15)17)22-19-9-4-3-7-16(19)12-13-21(22)23-2/h3-13H,1-2H3. The van der Waals surface area contributed by atoms with Gasteiger partial charge >= 0.3 is 0 Å². The van der Waals surface area contributed by atoms with Crippen LogP contribution in [0.25, 0.3) is 32.7 Å². The van der Waals surface area contributed by atoms with E-state index < -0.39 is 0 Å². The van der Waals surface area contributed by atoms with Crippen molar-refractivity contribution >= 4 is 21.5 Å². The molecular weight excluding hydrogens is 280 g/mol. The number of ether oxygens (including phenoxy) is 1. The van der Waals surface area contributed by atoms with Crippen molar-refractivity contribution in [3.8, 4) is 16.9 Å². The largest absolute Gasteiger partial charge is 0.496 e. The first-order valence-electron chi connectivity index (χ1n) is 7.76. The van der Waals surface area contributed by atoms with Crippen LogP contribution in [-0.2, 0) is 0 Å². The van der Waals surface area contributed by atoms with E-state index in [1.54, 1.807) is 7.11 Å². The van der Waals surface area contributed by atoms with Crippen molar-refractivity contribution in [1.82, 2.24) is 0 Å². The molecular formula is C22H17O. The van der Waals surface area contributed by atoms with E-state index in [2.05, 4.69) is 73.7 Å². The lowest BCUT2D eigenvalue weighted by atomic mass is 9.94. The summed E-state index contributed by atoms with van der Waals surface area (Å²) < 4.78 is 5.63. The Balaban J connectivity index is 2.07. The zero-order valence-corrected chi connectivity index (χ0v) is 13.3. The Kier molecular flexibility index (Phi) is 3.27. The third kappa shape index (κ3) is 2.25. The van der Waals surface area contributed by atoms with E-state index in [9.17, 15) is 0 Å². The molecule has 111 valence electrons. The van der Waals surface area contributed by atoms with Crippen molar-refractivity contribution in [2.24, 2.45) is 0 Å². The second-order valence-corrected chi connectivity index (χ2v) is 5.78. The van der Waals surface area contributed by atoms with Crippen LogP contribution in [0.3, 0.4) is 0 Å². The Morgan fingerprint density at radius 2 is 1.57 bits per heavy atom. The molecule has 0 aromatic heterocycles. The Labute approximate surface area is 136 Å². The first kappa shape index (κ1) is 13.8. The third-order valence-corrected chi connectivity index (χ3v) is 4.37. The van der Waals surface area contributed by atoms with Gasteiger partial charge < -0.3 is 4.74 Å². The molecule has 1 nitrogen and oxygen atoms in total. The molecule has 4 rings (SSSR count). The van der Waals surface area contributed by atoms with Gasteiger partial charge in [0.05, 0.1) is 7.11 Å². The van der Waals surface area contributed by atoms with Crippen molar-refractivity contribution < 1.29 is 4.74 Å². The summed E-state index contributed by atoms with van der Waals surface area (Å²) in [7, 11) is 1.72. The van der Waals surface area contributed by atoms with Crippen LogP contribution in [0.15, 0.2) is 66.7 Å². The van der Waals surface area contributed by atoms with Crippen LogP contribution in [0.2, 0.25) is 0 Å². The average Bonchev–Trinajstić information content (AvgIpc) is 2.61. The highest BCUT2D eigenvalue weighted by molar-refractivity contribution is 6.01. The fourth-order valence-electron chi connectivity index (χ4n) is 3.19. The van der Waals surface area contributed by atoms with Gasteiger partial charge in [0.25, 0.3) is 0 Å². The molecule has 0 saturated heterocycles. The molecule has 0 atom stereocenters. The molecule has 0 heterocycles. The SMILES string of the molecule is COc1ccc2ccccc2c1-c1[c]c2c(C)cccc2cc1. The first-order chi connectivity index (χ1) is 11.3. The fourth-order valence-corrected chi connectivity index (χ4v) is 3.19. The number of methoxy groups -OCH3 is 1.